The Bertz CT molecular complexity index is 424. The zero-order valence-corrected chi connectivity index (χ0v) is 10.5. The van der Waals surface area contributed by atoms with E-state index in [2.05, 4.69) is 20.9 Å². The van der Waals surface area contributed by atoms with Gasteiger partial charge in [0.2, 0.25) is 0 Å². The number of aliphatic hydroxyl groups excluding tert-OH is 1. The average molecular weight is 290 g/mol. The Labute approximate surface area is 98.4 Å². The molecule has 0 aliphatic rings. The molecule has 0 spiro atoms. The number of thiazole rings is 1. The van der Waals surface area contributed by atoms with Gasteiger partial charge >= 0.3 is 0 Å². The van der Waals surface area contributed by atoms with Crippen molar-refractivity contribution >= 4 is 38.6 Å². The van der Waals surface area contributed by atoms with Crippen LogP contribution in [0.15, 0.2) is 21.3 Å². The van der Waals surface area contributed by atoms with E-state index in [4.69, 9.17) is 5.11 Å². The second kappa shape index (κ2) is 4.53. The molecule has 0 unspecified atom stereocenters. The highest BCUT2D eigenvalue weighted by Gasteiger charge is 2.06. The van der Waals surface area contributed by atoms with Crippen LogP contribution in [0.3, 0.4) is 0 Å². The van der Waals surface area contributed by atoms with Crippen molar-refractivity contribution in [3.63, 3.8) is 0 Å². The van der Waals surface area contributed by atoms with Crippen LogP contribution >= 0.6 is 38.6 Å². The molecule has 0 saturated carbocycles. The van der Waals surface area contributed by atoms with E-state index in [1.807, 2.05) is 17.5 Å². The molecule has 0 saturated heterocycles. The van der Waals surface area contributed by atoms with Crippen molar-refractivity contribution in [2.45, 2.75) is 6.42 Å². The van der Waals surface area contributed by atoms with Gasteiger partial charge in [-0.2, -0.15) is 0 Å². The molecule has 74 valence electrons. The molecule has 0 radical (unpaired) electrons. The highest BCUT2D eigenvalue weighted by Crippen LogP contribution is 2.31. The van der Waals surface area contributed by atoms with E-state index in [-0.39, 0.29) is 6.61 Å². The Balaban J connectivity index is 2.24. The van der Waals surface area contributed by atoms with Crippen molar-refractivity contribution in [1.29, 1.82) is 0 Å². The fraction of sp³-hybridized carbons (Fsp3) is 0.222. The molecule has 5 heteroatoms. The number of aliphatic hydroxyl groups is 1. The van der Waals surface area contributed by atoms with E-state index in [9.17, 15) is 0 Å². The fourth-order valence-corrected chi connectivity index (χ4v) is 3.30. The molecule has 14 heavy (non-hydrogen) atoms. The van der Waals surface area contributed by atoms with Crippen LogP contribution in [-0.2, 0) is 6.42 Å². The summed E-state index contributed by atoms with van der Waals surface area (Å²) < 4.78 is 1.12. The molecule has 2 aromatic heterocycles. The summed E-state index contributed by atoms with van der Waals surface area (Å²) in [5, 5.41) is 11.8. The molecule has 0 bridgehead atoms. The number of nitrogens with zero attached hydrogens (tertiary/aromatic N) is 1. The van der Waals surface area contributed by atoms with E-state index in [1.54, 1.807) is 22.7 Å². The summed E-state index contributed by atoms with van der Waals surface area (Å²) in [7, 11) is 0. The second-order valence-electron chi connectivity index (χ2n) is 2.70. The first-order chi connectivity index (χ1) is 6.79. The maximum Gasteiger partial charge on any atom is 0.0955 e. The van der Waals surface area contributed by atoms with Crippen LogP contribution in [0.2, 0.25) is 0 Å². The molecule has 0 atom stereocenters. The monoisotopic (exact) mass is 289 g/mol. The molecule has 0 aliphatic carbocycles. The van der Waals surface area contributed by atoms with Crippen LogP contribution < -0.4 is 0 Å². The lowest BCUT2D eigenvalue weighted by atomic mass is 10.4. The topological polar surface area (TPSA) is 33.1 Å². The van der Waals surface area contributed by atoms with Crippen molar-refractivity contribution < 1.29 is 5.11 Å². The highest BCUT2D eigenvalue weighted by atomic mass is 79.9. The standard InChI is InChI=1S/C9H8BrNOS2/c10-8-2-1-7(14-8)6-5-13-9(11-6)3-4-12/h1-2,5,12H,3-4H2. The van der Waals surface area contributed by atoms with Crippen molar-refractivity contribution in [2.24, 2.45) is 0 Å². The lowest BCUT2D eigenvalue weighted by Crippen LogP contribution is -1.88. The van der Waals surface area contributed by atoms with Crippen LogP contribution in [-0.4, -0.2) is 16.7 Å². The van der Waals surface area contributed by atoms with Gasteiger partial charge in [0, 0.05) is 18.4 Å². The van der Waals surface area contributed by atoms with Gasteiger partial charge in [0.25, 0.3) is 0 Å². The number of hydrogen-bond acceptors (Lipinski definition) is 4. The number of thiophene rings is 1. The summed E-state index contributed by atoms with van der Waals surface area (Å²) >= 11 is 6.69. The SMILES string of the molecule is OCCc1nc(-c2ccc(Br)s2)cs1. The average Bonchev–Trinajstić information content (AvgIpc) is 2.74. The smallest absolute Gasteiger partial charge is 0.0955 e. The predicted molar refractivity (Wildman–Crippen MR) is 63.9 cm³/mol. The third kappa shape index (κ3) is 2.23. The van der Waals surface area contributed by atoms with E-state index in [0.717, 1.165) is 19.4 Å². The minimum atomic E-state index is 0.168. The van der Waals surface area contributed by atoms with Gasteiger partial charge in [-0.05, 0) is 28.1 Å². The summed E-state index contributed by atoms with van der Waals surface area (Å²) in [5.74, 6) is 0. The third-order valence-corrected chi connectivity index (χ3v) is 4.26. The zero-order chi connectivity index (χ0) is 9.97. The first-order valence-corrected chi connectivity index (χ1v) is 6.59. The molecule has 2 aromatic rings. The Kier molecular flexibility index (Phi) is 3.33. The predicted octanol–water partition coefficient (Wildman–Crippen LogP) is 3.17. The van der Waals surface area contributed by atoms with E-state index in [0.29, 0.717) is 6.42 Å². The van der Waals surface area contributed by atoms with Gasteiger partial charge in [0.05, 0.1) is 19.4 Å². The van der Waals surface area contributed by atoms with Gasteiger partial charge in [0.1, 0.15) is 0 Å². The number of hydrogen-bond donors (Lipinski definition) is 1. The van der Waals surface area contributed by atoms with Crippen LogP contribution in [0.25, 0.3) is 10.6 Å². The van der Waals surface area contributed by atoms with Crippen molar-refractivity contribution in [1.82, 2.24) is 4.98 Å². The van der Waals surface area contributed by atoms with Crippen molar-refractivity contribution in [2.75, 3.05) is 6.61 Å². The number of aromatic nitrogens is 1. The Morgan fingerprint density at radius 1 is 1.43 bits per heavy atom. The van der Waals surface area contributed by atoms with Crippen molar-refractivity contribution in [3.05, 3.63) is 26.3 Å². The van der Waals surface area contributed by atoms with Gasteiger partial charge in [-0.25, -0.2) is 4.98 Å². The third-order valence-electron chi connectivity index (χ3n) is 1.70. The minimum Gasteiger partial charge on any atom is -0.396 e. The molecule has 0 fully saturated rings. The summed E-state index contributed by atoms with van der Waals surface area (Å²) in [6.07, 6.45) is 0.650. The Morgan fingerprint density at radius 2 is 2.29 bits per heavy atom. The second-order valence-corrected chi connectivity index (χ2v) is 6.11. The quantitative estimate of drug-likeness (QED) is 0.942. The lowest BCUT2D eigenvalue weighted by Gasteiger charge is -1.89. The lowest BCUT2D eigenvalue weighted by molar-refractivity contribution is 0.299. The maximum atomic E-state index is 8.77. The van der Waals surface area contributed by atoms with E-state index in [1.165, 1.54) is 0 Å². The van der Waals surface area contributed by atoms with Gasteiger partial charge in [-0.1, -0.05) is 0 Å². The van der Waals surface area contributed by atoms with Crippen LogP contribution in [0.1, 0.15) is 5.01 Å². The van der Waals surface area contributed by atoms with E-state index >= 15 is 0 Å². The van der Waals surface area contributed by atoms with Gasteiger partial charge < -0.3 is 5.11 Å². The minimum absolute atomic E-state index is 0.168. The fourth-order valence-electron chi connectivity index (χ4n) is 1.09. The molecule has 0 amide bonds. The van der Waals surface area contributed by atoms with Gasteiger partial charge in [-0.3, -0.25) is 0 Å². The van der Waals surface area contributed by atoms with Gasteiger partial charge in [0.15, 0.2) is 0 Å². The molecule has 0 aliphatic heterocycles. The number of rotatable bonds is 3. The van der Waals surface area contributed by atoms with Gasteiger partial charge in [-0.15, -0.1) is 22.7 Å². The molecular weight excluding hydrogens is 282 g/mol. The first kappa shape index (κ1) is 10.3. The largest absolute Gasteiger partial charge is 0.396 e. The summed E-state index contributed by atoms with van der Waals surface area (Å²) in [5.41, 5.74) is 1.01. The van der Waals surface area contributed by atoms with Crippen LogP contribution in [0, 0.1) is 0 Å². The molecule has 2 rings (SSSR count). The van der Waals surface area contributed by atoms with Crippen LogP contribution in [0.5, 0.6) is 0 Å². The molecule has 2 nitrogen and oxygen atoms in total. The van der Waals surface area contributed by atoms with E-state index < -0.39 is 0 Å². The normalized spacial score (nSPS) is 10.7. The Hall–Kier alpha value is -0.230. The number of halogens is 1. The molecule has 0 aromatic carbocycles. The summed E-state index contributed by atoms with van der Waals surface area (Å²) in [4.78, 5) is 5.60. The summed E-state index contributed by atoms with van der Waals surface area (Å²) in [6, 6.07) is 4.07. The first-order valence-electron chi connectivity index (χ1n) is 4.10. The maximum absolute atomic E-state index is 8.77. The summed E-state index contributed by atoms with van der Waals surface area (Å²) in [6.45, 7) is 0.168. The zero-order valence-electron chi connectivity index (χ0n) is 7.24. The molecular formula is C9H8BrNOS2. The molecule has 1 N–H and O–H groups in total. The molecule has 2 heterocycles. The highest BCUT2D eigenvalue weighted by molar-refractivity contribution is 9.11. The Morgan fingerprint density at radius 3 is 2.93 bits per heavy atom. The van der Waals surface area contributed by atoms with Crippen molar-refractivity contribution in [3.8, 4) is 10.6 Å². The van der Waals surface area contributed by atoms with Crippen LogP contribution in [0.4, 0.5) is 0 Å².